The van der Waals surface area contributed by atoms with Crippen LogP contribution in [-0.4, -0.2) is 68.3 Å². The van der Waals surface area contributed by atoms with Crippen LogP contribution < -0.4 is 30.2 Å². The summed E-state index contributed by atoms with van der Waals surface area (Å²) >= 11 is 0. The standard InChI is InChI=1S/3C24H26N4O2/c3*1-5-13-26-20-11-10-17-18(20)7-6-8-19(17)23-27-24(30-28-23)16-9-12-22(29-15(2)3)21(14-16)25-4/h3*6-9,12,14-15,20,26H,5,10-11,13H2,1-3H3/t3*20-/m000/s1/i5D2,11D2,13D2,20D;10D2,13D2;10D2. The second kappa shape index (κ2) is 29.7. The van der Waals surface area contributed by atoms with Crippen molar-refractivity contribution < 1.29 is 45.6 Å². The summed E-state index contributed by atoms with van der Waals surface area (Å²) in [6.07, 6.45) is -6.56. The monoisotopic (exact) mass is 1220 g/mol. The summed E-state index contributed by atoms with van der Waals surface area (Å²) < 4.78 is 142. The summed E-state index contributed by atoms with van der Waals surface area (Å²) in [5, 5.41) is 21.0. The van der Waals surface area contributed by atoms with Crippen molar-refractivity contribution in [3.8, 4) is 85.8 Å². The summed E-state index contributed by atoms with van der Waals surface area (Å²) in [7, 11) is 0. The molecule has 18 heteroatoms. The van der Waals surface area contributed by atoms with E-state index in [9.17, 15) is 0 Å². The molecule has 0 saturated heterocycles. The van der Waals surface area contributed by atoms with E-state index in [0.29, 0.717) is 96.5 Å². The molecule has 3 aliphatic carbocycles. The van der Waals surface area contributed by atoms with Gasteiger partial charge in [0.1, 0.15) is 17.2 Å². The molecule has 0 radical (unpaired) electrons. The molecule has 3 atom stereocenters. The first-order chi connectivity index (χ1) is 48.5. The molecule has 0 aliphatic heterocycles. The summed E-state index contributed by atoms with van der Waals surface area (Å²) in [5.41, 5.74) is 7.48. The fraction of sp³-hybridized carbons (Fsp3) is 0.375. The number of hydrogen-bond donors (Lipinski definition) is 3. The summed E-state index contributed by atoms with van der Waals surface area (Å²) in [4.78, 5) is 24.1. The van der Waals surface area contributed by atoms with Crippen molar-refractivity contribution >= 4 is 17.1 Å². The minimum Gasteiger partial charge on any atom is -0.502 e. The van der Waals surface area contributed by atoms with Crippen molar-refractivity contribution in [3.63, 3.8) is 0 Å². The number of ether oxygens (including phenoxy) is 3. The Kier molecular flexibility index (Phi) is 16.0. The first-order valence-corrected chi connectivity index (χ1v) is 29.8. The van der Waals surface area contributed by atoms with E-state index in [2.05, 4.69) is 67.8 Å². The van der Waals surface area contributed by atoms with E-state index in [1.165, 1.54) is 6.07 Å². The zero-order valence-electron chi connectivity index (χ0n) is 64.5. The zero-order chi connectivity index (χ0) is 74.9. The van der Waals surface area contributed by atoms with Gasteiger partial charge in [-0.25, -0.2) is 14.5 Å². The minimum absolute atomic E-state index is 0.0396. The van der Waals surface area contributed by atoms with Crippen molar-refractivity contribution in [3.05, 3.63) is 177 Å². The molecule has 90 heavy (non-hydrogen) atoms. The smallest absolute Gasteiger partial charge is 0.256 e. The van der Waals surface area contributed by atoms with Crippen LogP contribution in [0.1, 0.15) is 170 Å². The first kappa shape index (κ1) is 48.4. The van der Waals surface area contributed by atoms with Crippen molar-refractivity contribution in [1.29, 1.82) is 0 Å². The van der Waals surface area contributed by atoms with E-state index in [0.717, 1.165) is 25.5 Å². The molecule has 6 aromatic carbocycles. The van der Waals surface area contributed by atoms with Gasteiger partial charge in [-0.1, -0.05) is 90.8 Å². The third kappa shape index (κ3) is 14.6. The zero-order valence-corrected chi connectivity index (χ0v) is 51.5. The number of rotatable bonds is 21. The van der Waals surface area contributed by atoms with Crippen LogP contribution in [0, 0.1) is 19.7 Å². The molecule has 0 amide bonds. The second-order valence-corrected chi connectivity index (χ2v) is 21.7. The Morgan fingerprint density at radius 2 is 0.944 bits per heavy atom. The Labute approximate surface area is 545 Å². The molecule has 3 N–H and O–H groups in total. The minimum atomic E-state index is -2.69. The van der Waals surface area contributed by atoms with Crippen LogP contribution in [-0.2, 0) is 19.2 Å². The molecule has 0 unspecified atom stereocenters. The summed E-state index contributed by atoms with van der Waals surface area (Å²) in [6.45, 7) is 35.1. The topological polar surface area (TPSA) is 194 Å². The first-order valence-electron chi connectivity index (χ1n) is 36.3. The number of hydrogen-bond acceptors (Lipinski definition) is 15. The maximum absolute atomic E-state index is 8.92. The summed E-state index contributed by atoms with van der Waals surface area (Å²) in [5.74, 6) is 2.78. The predicted octanol–water partition coefficient (Wildman–Crippen LogP) is 17.2. The van der Waals surface area contributed by atoms with Gasteiger partial charge in [0.25, 0.3) is 17.7 Å². The van der Waals surface area contributed by atoms with Gasteiger partial charge in [0.05, 0.1) is 39.4 Å². The van der Waals surface area contributed by atoms with E-state index >= 15 is 0 Å². The van der Waals surface area contributed by atoms with E-state index in [1.807, 2.05) is 65.8 Å². The van der Waals surface area contributed by atoms with Crippen LogP contribution >= 0.6 is 0 Å². The van der Waals surface area contributed by atoms with Gasteiger partial charge < -0.3 is 43.7 Å². The van der Waals surface area contributed by atoms with Crippen LogP contribution in [0.2, 0.25) is 0 Å². The van der Waals surface area contributed by atoms with Gasteiger partial charge in [0.2, 0.25) is 34.5 Å². The van der Waals surface area contributed by atoms with Crippen LogP contribution in [0.15, 0.2) is 123 Å². The number of fused-ring (bicyclic) bond motifs is 3. The van der Waals surface area contributed by atoms with Gasteiger partial charge >= 0.3 is 0 Å². The van der Waals surface area contributed by atoms with E-state index in [4.69, 9.17) is 65.3 Å². The number of nitrogens with zero attached hydrogens (tertiary/aromatic N) is 9. The Morgan fingerprint density at radius 3 is 1.33 bits per heavy atom. The Hall–Kier alpha value is -9.51. The average molecular weight is 1220 g/mol. The van der Waals surface area contributed by atoms with E-state index in [1.54, 1.807) is 85.8 Å². The third-order valence-electron chi connectivity index (χ3n) is 14.3. The lowest BCUT2D eigenvalue weighted by Crippen LogP contribution is -2.19. The molecule has 12 rings (SSSR count). The lowest BCUT2D eigenvalue weighted by molar-refractivity contribution is 0.244. The molecular weight excluding hydrogens is 1130 g/mol. The largest absolute Gasteiger partial charge is 0.502 e. The molecule has 0 spiro atoms. The maximum Gasteiger partial charge on any atom is 0.256 e. The molecule has 18 nitrogen and oxygen atoms in total. The highest BCUT2D eigenvalue weighted by Gasteiger charge is 2.30. The van der Waals surface area contributed by atoms with E-state index in [-0.39, 0.29) is 84.2 Å². The second-order valence-electron chi connectivity index (χ2n) is 21.7. The lowest BCUT2D eigenvalue weighted by Gasteiger charge is -2.13. The SMILES string of the molecule is [2H]C([2H])(C)C([2H])([2H])N[C@]1([2H])c2cccc(-c3noc(-c4ccc(OC(C)C)c([N+]#[C-])c4)n3)c2CC1([2H])[2H].[2H]C([2H])(CC)N[C@H]1CC([2H])([2H])c2c(-c3noc(-c4ccc(OC(C)C)c([N+]#[C-])c4)n3)cccc21.[2H]C1([2H])C[C@H](NCCC)c2cccc(-c3noc(-c4ccc(OC(C)C)c([N+]#[C-])c4)n3)c21. The molecule has 0 bridgehead atoms. The Balaban J connectivity index is 0.000000166. The predicted molar refractivity (Wildman–Crippen MR) is 350 cm³/mol. The fourth-order valence-corrected chi connectivity index (χ4v) is 10.3. The van der Waals surface area contributed by atoms with Crippen molar-refractivity contribution in [2.24, 2.45) is 0 Å². The quantitative estimate of drug-likeness (QED) is 0.0575. The van der Waals surface area contributed by atoms with Crippen molar-refractivity contribution in [1.82, 2.24) is 46.4 Å². The van der Waals surface area contributed by atoms with Gasteiger partial charge in [-0.2, -0.15) is 15.0 Å². The fourth-order valence-electron chi connectivity index (χ4n) is 10.3. The maximum atomic E-state index is 8.92. The van der Waals surface area contributed by atoms with Crippen LogP contribution in [0.25, 0.3) is 83.1 Å². The summed E-state index contributed by atoms with van der Waals surface area (Å²) in [6, 6.07) is 28.2. The number of aromatic nitrogens is 6. The van der Waals surface area contributed by atoms with Gasteiger partial charge in [0.15, 0.2) is 0 Å². The van der Waals surface area contributed by atoms with Crippen LogP contribution in [0.5, 0.6) is 17.2 Å². The van der Waals surface area contributed by atoms with Crippen LogP contribution in [0.3, 0.4) is 0 Å². The number of nitrogens with one attached hydrogen (secondary N) is 3. The Morgan fingerprint density at radius 1 is 0.533 bits per heavy atom. The molecule has 462 valence electrons. The normalized spacial score (nSPS) is 20.3. The van der Waals surface area contributed by atoms with Gasteiger partial charge in [-0.3, -0.25) is 0 Å². The highest BCUT2D eigenvalue weighted by atomic mass is 16.5. The molecule has 0 saturated carbocycles. The van der Waals surface area contributed by atoms with Crippen molar-refractivity contribution in [2.75, 3.05) is 19.5 Å². The lowest BCUT2D eigenvalue weighted by atomic mass is 10.0. The van der Waals surface area contributed by atoms with Gasteiger partial charge in [0, 0.05) is 67.9 Å². The molecule has 3 heterocycles. The molecule has 0 fully saturated rings. The molecule has 9 aromatic rings. The molecule has 3 aliphatic rings. The molecule has 3 aromatic heterocycles. The van der Waals surface area contributed by atoms with Gasteiger partial charge in [-0.15, -0.1) is 0 Å². The average Bonchev–Trinajstić information content (AvgIpc) is 1.57. The highest BCUT2D eigenvalue weighted by molar-refractivity contribution is 5.74. The highest BCUT2D eigenvalue weighted by Crippen LogP contribution is 2.42. The Bertz CT molecular complexity index is 4720. The molecular formula is C72H78N12O6. The van der Waals surface area contributed by atoms with Crippen LogP contribution in [0.4, 0.5) is 17.1 Å². The number of benzene rings is 6. The third-order valence-corrected chi connectivity index (χ3v) is 14.3. The van der Waals surface area contributed by atoms with Crippen molar-refractivity contribution in [2.45, 2.75) is 156 Å². The van der Waals surface area contributed by atoms with Gasteiger partial charge in [-0.05, 0) is 207 Å². The van der Waals surface area contributed by atoms with E-state index < -0.39 is 50.5 Å².